The van der Waals surface area contributed by atoms with Gasteiger partial charge in [0.25, 0.3) is 0 Å². The van der Waals surface area contributed by atoms with Gasteiger partial charge < -0.3 is 20.3 Å². The summed E-state index contributed by atoms with van der Waals surface area (Å²) in [4.78, 5) is 28.8. The Labute approximate surface area is 207 Å². The Balaban J connectivity index is 1.74. The average molecular weight is 475 g/mol. The molecule has 2 aromatic rings. The van der Waals surface area contributed by atoms with Crippen LogP contribution in [0.4, 0.5) is 11.4 Å². The van der Waals surface area contributed by atoms with E-state index in [4.69, 9.17) is 15.9 Å². The molecule has 2 aromatic carbocycles. The van der Waals surface area contributed by atoms with E-state index in [2.05, 4.69) is 11.8 Å². The van der Waals surface area contributed by atoms with E-state index in [-0.39, 0.29) is 30.8 Å². The van der Waals surface area contributed by atoms with Crippen molar-refractivity contribution in [2.45, 2.75) is 52.0 Å². The van der Waals surface area contributed by atoms with Crippen molar-refractivity contribution >= 4 is 29.1 Å². The van der Waals surface area contributed by atoms with Crippen molar-refractivity contribution in [2.75, 3.05) is 30.0 Å². The number of benzene rings is 2. The van der Waals surface area contributed by atoms with Crippen LogP contribution in [0.25, 0.3) is 0 Å². The quantitative estimate of drug-likeness (QED) is 0.198. The highest BCUT2D eigenvalue weighted by molar-refractivity contribution is 6.04. The summed E-state index contributed by atoms with van der Waals surface area (Å²) in [7, 11) is 1.94. The molecule has 0 aliphatic heterocycles. The van der Waals surface area contributed by atoms with Crippen LogP contribution in [-0.2, 0) is 14.3 Å². The van der Waals surface area contributed by atoms with E-state index in [1.807, 2.05) is 61.3 Å². The van der Waals surface area contributed by atoms with Crippen LogP contribution in [0.5, 0.6) is 0 Å². The van der Waals surface area contributed by atoms with Gasteiger partial charge in [0.05, 0.1) is 13.2 Å². The lowest BCUT2D eigenvalue weighted by Gasteiger charge is -2.30. The van der Waals surface area contributed by atoms with E-state index in [0.717, 1.165) is 48.2 Å². The maximum Gasteiger partial charge on any atom is 0.315 e. The van der Waals surface area contributed by atoms with E-state index in [0.29, 0.717) is 12.1 Å². The second-order valence-corrected chi connectivity index (χ2v) is 8.81. The molecule has 0 heterocycles. The second kappa shape index (κ2) is 12.1. The van der Waals surface area contributed by atoms with Gasteiger partial charge in [0.15, 0.2) is 0 Å². The molecular weight excluding hydrogens is 440 g/mol. The number of nitrogens with two attached hydrogens (primary N) is 1. The maximum absolute atomic E-state index is 13.1. The number of anilines is 2. The Bertz CT molecular complexity index is 1140. The van der Waals surface area contributed by atoms with Gasteiger partial charge in [-0.05, 0) is 62.6 Å². The molecule has 0 saturated heterocycles. The van der Waals surface area contributed by atoms with Crippen molar-refractivity contribution in [3.8, 4) is 11.8 Å². The second-order valence-electron chi connectivity index (χ2n) is 8.81. The molecule has 1 aliphatic carbocycles. The zero-order valence-electron chi connectivity index (χ0n) is 20.8. The van der Waals surface area contributed by atoms with Gasteiger partial charge in [-0.3, -0.25) is 15.0 Å². The molecule has 7 nitrogen and oxygen atoms in total. The van der Waals surface area contributed by atoms with Gasteiger partial charge in [-0.1, -0.05) is 36.8 Å². The molecule has 7 heteroatoms. The minimum atomic E-state index is -0.487. The Hall–Kier alpha value is -3.79. The van der Waals surface area contributed by atoms with Gasteiger partial charge in [-0.25, -0.2) is 0 Å². The molecule has 0 unspecified atom stereocenters. The number of nitrogens with zero attached hydrogens (tertiary/aromatic N) is 2. The molecule has 0 atom stereocenters. The molecule has 1 aliphatic rings. The first-order valence-corrected chi connectivity index (χ1v) is 12.0. The van der Waals surface area contributed by atoms with Crippen molar-refractivity contribution in [3.63, 3.8) is 0 Å². The molecule has 1 saturated carbocycles. The third kappa shape index (κ3) is 6.86. The number of hydrogen-bond acceptors (Lipinski definition) is 5. The van der Waals surface area contributed by atoms with Crippen molar-refractivity contribution in [1.29, 1.82) is 5.41 Å². The van der Waals surface area contributed by atoms with Gasteiger partial charge in [0.1, 0.15) is 12.3 Å². The lowest BCUT2D eigenvalue weighted by molar-refractivity contribution is -0.145. The summed E-state index contributed by atoms with van der Waals surface area (Å²) in [6.07, 6.45) is 3.79. The van der Waals surface area contributed by atoms with Crippen LogP contribution in [0.15, 0.2) is 42.5 Å². The SMILES string of the molecule is CCOC(=O)CC(=O)N(c1ccc(C#CCN(C)c2cccc(C(=N)N)c2)cc1C)C1CCCC1. The normalized spacial score (nSPS) is 13.0. The molecule has 0 aromatic heterocycles. The third-order valence-corrected chi connectivity index (χ3v) is 6.16. The summed E-state index contributed by atoms with van der Waals surface area (Å²) in [6, 6.07) is 13.4. The van der Waals surface area contributed by atoms with Crippen molar-refractivity contribution in [2.24, 2.45) is 5.73 Å². The number of hydrogen-bond donors (Lipinski definition) is 2. The summed E-state index contributed by atoms with van der Waals surface area (Å²) in [6.45, 7) is 4.48. The Morgan fingerprint density at radius 1 is 1.17 bits per heavy atom. The molecule has 3 N–H and O–H groups in total. The Kier molecular flexibility index (Phi) is 8.91. The Morgan fingerprint density at radius 2 is 1.91 bits per heavy atom. The van der Waals surface area contributed by atoms with Crippen molar-refractivity contribution in [1.82, 2.24) is 0 Å². The predicted octanol–water partition coefficient (Wildman–Crippen LogP) is 4.00. The Morgan fingerprint density at radius 3 is 2.57 bits per heavy atom. The summed E-state index contributed by atoms with van der Waals surface area (Å²) >= 11 is 0. The summed E-state index contributed by atoms with van der Waals surface area (Å²) in [5, 5.41) is 7.61. The summed E-state index contributed by atoms with van der Waals surface area (Å²) in [5.41, 5.74) is 9.84. The maximum atomic E-state index is 13.1. The highest BCUT2D eigenvalue weighted by atomic mass is 16.5. The lowest BCUT2D eigenvalue weighted by atomic mass is 10.1. The van der Waals surface area contributed by atoms with E-state index >= 15 is 0 Å². The third-order valence-electron chi connectivity index (χ3n) is 6.16. The van der Waals surface area contributed by atoms with Crippen LogP contribution >= 0.6 is 0 Å². The fraction of sp³-hybridized carbons (Fsp3) is 0.393. The predicted molar refractivity (Wildman–Crippen MR) is 140 cm³/mol. The number of esters is 1. The van der Waals surface area contributed by atoms with Crippen molar-refractivity contribution in [3.05, 3.63) is 59.2 Å². The highest BCUT2D eigenvalue weighted by Crippen LogP contribution is 2.31. The molecule has 0 radical (unpaired) electrons. The number of ether oxygens (including phenoxy) is 1. The lowest BCUT2D eigenvalue weighted by Crippen LogP contribution is -2.40. The van der Waals surface area contributed by atoms with E-state index in [1.54, 1.807) is 11.8 Å². The monoisotopic (exact) mass is 474 g/mol. The number of amidine groups is 1. The number of nitrogen functional groups attached to an aromatic ring is 1. The topological polar surface area (TPSA) is 99.7 Å². The summed E-state index contributed by atoms with van der Waals surface area (Å²) < 4.78 is 5.00. The number of carbonyl (C=O) groups is 2. The van der Waals surface area contributed by atoms with Crippen molar-refractivity contribution < 1.29 is 14.3 Å². The number of nitrogens with one attached hydrogen (secondary N) is 1. The van der Waals surface area contributed by atoms with E-state index < -0.39 is 5.97 Å². The number of amides is 1. The smallest absolute Gasteiger partial charge is 0.315 e. The average Bonchev–Trinajstić information content (AvgIpc) is 3.35. The zero-order chi connectivity index (χ0) is 25.4. The van der Waals surface area contributed by atoms with E-state index in [9.17, 15) is 9.59 Å². The first-order chi connectivity index (χ1) is 16.8. The van der Waals surface area contributed by atoms with Gasteiger partial charge in [-0.15, -0.1) is 0 Å². The molecule has 0 spiro atoms. The molecule has 184 valence electrons. The number of rotatable bonds is 8. The first-order valence-electron chi connectivity index (χ1n) is 12.0. The van der Waals surface area contributed by atoms with Gasteiger partial charge in [-0.2, -0.15) is 0 Å². The molecule has 0 bridgehead atoms. The van der Waals surface area contributed by atoms with Crippen LogP contribution in [0.1, 0.15) is 55.7 Å². The minimum Gasteiger partial charge on any atom is -0.466 e. The van der Waals surface area contributed by atoms with Gasteiger partial charge in [0.2, 0.25) is 5.91 Å². The van der Waals surface area contributed by atoms with Crippen LogP contribution < -0.4 is 15.5 Å². The summed E-state index contributed by atoms with van der Waals surface area (Å²) in [5.74, 6) is 5.73. The fourth-order valence-electron chi connectivity index (χ4n) is 4.38. The molecule has 1 amide bonds. The molecule has 1 fully saturated rings. The van der Waals surface area contributed by atoms with Crippen LogP contribution in [0, 0.1) is 24.2 Å². The number of aryl methyl sites for hydroxylation is 1. The first kappa shape index (κ1) is 25.8. The fourth-order valence-corrected chi connectivity index (χ4v) is 4.38. The molecule has 3 rings (SSSR count). The van der Waals surface area contributed by atoms with Gasteiger partial charge >= 0.3 is 5.97 Å². The van der Waals surface area contributed by atoms with Crippen LogP contribution in [0.3, 0.4) is 0 Å². The standard InChI is InChI=1S/C28H34N4O3/c1-4-35-27(34)19-26(33)32(23-11-5-6-12-23)25-15-14-21(17-20(25)2)9-8-16-31(3)24-13-7-10-22(18-24)28(29)30/h7,10,13-15,17-18,23H,4-6,11-12,16,19H2,1-3H3,(H3,29,30). The largest absolute Gasteiger partial charge is 0.466 e. The zero-order valence-corrected chi connectivity index (χ0v) is 20.8. The van der Waals surface area contributed by atoms with Crippen LogP contribution in [0.2, 0.25) is 0 Å². The number of carbonyl (C=O) groups excluding carboxylic acids is 2. The molecular formula is C28H34N4O3. The molecule has 35 heavy (non-hydrogen) atoms. The highest BCUT2D eigenvalue weighted by Gasteiger charge is 2.30. The van der Waals surface area contributed by atoms with E-state index in [1.165, 1.54) is 0 Å². The minimum absolute atomic E-state index is 0.0364. The van der Waals surface area contributed by atoms with Crippen LogP contribution in [-0.4, -0.2) is 44.0 Å². The van der Waals surface area contributed by atoms with Gasteiger partial charge in [0, 0.05) is 35.6 Å².